The summed E-state index contributed by atoms with van der Waals surface area (Å²) in [6.45, 7) is 0. The quantitative estimate of drug-likeness (QED) is 0.905. The molecule has 5 heteroatoms. The number of anilines is 2. The molecule has 0 unspecified atom stereocenters. The van der Waals surface area contributed by atoms with Crippen molar-refractivity contribution in [2.45, 2.75) is 12.8 Å². The maximum atomic E-state index is 11.9. The number of carbonyl (C=O) groups excluding carboxylic acids is 2. The van der Waals surface area contributed by atoms with Crippen LogP contribution in [0.4, 0.5) is 11.4 Å². The predicted octanol–water partition coefficient (Wildman–Crippen LogP) is 3.35. The van der Waals surface area contributed by atoms with E-state index in [9.17, 15) is 9.59 Å². The van der Waals surface area contributed by atoms with Gasteiger partial charge in [-0.25, -0.2) is 0 Å². The summed E-state index contributed by atoms with van der Waals surface area (Å²) in [6.07, 6.45) is 1.95. The Morgan fingerprint density at radius 2 is 1.80 bits per heavy atom. The van der Waals surface area contributed by atoms with E-state index in [4.69, 9.17) is 0 Å². The maximum absolute atomic E-state index is 11.9. The fourth-order valence-corrected chi connectivity index (χ4v) is 2.48. The summed E-state index contributed by atoms with van der Waals surface area (Å²) in [6, 6.07) is 10.8. The van der Waals surface area contributed by atoms with Crippen LogP contribution in [0.1, 0.15) is 22.5 Å². The monoisotopic (exact) mass is 286 g/mol. The van der Waals surface area contributed by atoms with Crippen molar-refractivity contribution in [3.05, 3.63) is 46.7 Å². The smallest absolute Gasteiger partial charge is 0.265 e. The van der Waals surface area contributed by atoms with Gasteiger partial charge in [-0.05, 0) is 42.5 Å². The van der Waals surface area contributed by atoms with Gasteiger partial charge in [0.05, 0.1) is 4.88 Å². The average Bonchev–Trinajstić information content (AvgIpc) is 3.14. The number of amides is 2. The molecule has 0 spiro atoms. The average molecular weight is 286 g/mol. The first-order valence-corrected chi connectivity index (χ1v) is 7.36. The van der Waals surface area contributed by atoms with Gasteiger partial charge in [-0.3, -0.25) is 9.59 Å². The molecule has 2 aromatic rings. The third-order valence-corrected chi connectivity index (χ3v) is 3.95. The van der Waals surface area contributed by atoms with Gasteiger partial charge in [-0.2, -0.15) is 0 Å². The van der Waals surface area contributed by atoms with E-state index in [-0.39, 0.29) is 17.7 Å². The molecule has 1 aliphatic carbocycles. The maximum Gasteiger partial charge on any atom is 0.265 e. The van der Waals surface area contributed by atoms with Crippen molar-refractivity contribution in [1.29, 1.82) is 0 Å². The molecule has 20 heavy (non-hydrogen) atoms. The van der Waals surface area contributed by atoms with E-state index in [1.54, 1.807) is 18.2 Å². The van der Waals surface area contributed by atoms with Gasteiger partial charge in [-0.1, -0.05) is 12.1 Å². The zero-order valence-electron chi connectivity index (χ0n) is 10.8. The first kappa shape index (κ1) is 12.9. The van der Waals surface area contributed by atoms with Crippen molar-refractivity contribution in [2.75, 3.05) is 10.6 Å². The SMILES string of the molecule is O=C(Nc1cccc(NC(=O)C2CC2)c1)c1cccs1. The molecule has 2 amide bonds. The van der Waals surface area contributed by atoms with Gasteiger partial charge in [-0.15, -0.1) is 11.3 Å². The standard InChI is InChI=1S/C15H14N2O2S/c18-14(10-6-7-10)16-11-3-1-4-12(9-11)17-15(19)13-5-2-8-20-13/h1-5,8-10H,6-7H2,(H,16,18)(H,17,19). The molecule has 0 bridgehead atoms. The van der Waals surface area contributed by atoms with Gasteiger partial charge in [0.25, 0.3) is 5.91 Å². The Labute approximate surface area is 120 Å². The van der Waals surface area contributed by atoms with Gasteiger partial charge in [0, 0.05) is 17.3 Å². The molecule has 2 N–H and O–H groups in total. The Morgan fingerprint density at radius 1 is 1.05 bits per heavy atom. The lowest BCUT2D eigenvalue weighted by Gasteiger charge is -2.08. The summed E-state index contributed by atoms with van der Waals surface area (Å²) < 4.78 is 0. The van der Waals surface area contributed by atoms with Gasteiger partial charge in [0.2, 0.25) is 5.91 Å². The molecule has 0 saturated heterocycles. The highest BCUT2D eigenvalue weighted by atomic mass is 32.1. The minimum Gasteiger partial charge on any atom is -0.326 e. The van der Waals surface area contributed by atoms with E-state index in [0.717, 1.165) is 12.8 Å². The Balaban J connectivity index is 1.67. The fraction of sp³-hybridized carbons (Fsp3) is 0.200. The molecule has 0 atom stereocenters. The van der Waals surface area contributed by atoms with E-state index >= 15 is 0 Å². The minimum atomic E-state index is -0.134. The number of benzene rings is 1. The summed E-state index contributed by atoms with van der Waals surface area (Å²) in [7, 11) is 0. The van der Waals surface area contributed by atoms with Crippen LogP contribution in [0.5, 0.6) is 0 Å². The Bertz CT molecular complexity index is 633. The van der Waals surface area contributed by atoms with Crippen molar-refractivity contribution in [3.63, 3.8) is 0 Å². The van der Waals surface area contributed by atoms with Crippen LogP contribution in [0, 0.1) is 5.92 Å². The van der Waals surface area contributed by atoms with Crippen LogP contribution >= 0.6 is 11.3 Å². The lowest BCUT2D eigenvalue weighted by atomic mass is 10.2. The van der Waals surface area contributed by atoms with Crippen molar-refractivity contribution >= 4 is 34.5 Å². The number of hydrogen-bond acceptors (Lipinski definition) is 3. The van der Waals surface area contributed by atoms with E-state index in [1.807, 2.05) is 23.6 Å². The van der Waals surface area contributed by atoms with Crippen LogP contribution in [-0.2, 0) is 4.79 Å². The summed E-state index contributed by atoms with van der Waals surface area (Å²) in [5.41, 5.74) is 1.39. The lowest BCUT2D eigenvalue weighted by molar-refractivity contribution is -0.117. The summed E-state index contributed by atoms with van der Waals surface area (Å²) in [5.74, 6) is 0.0942. The molecular weight excluding hydrogens is 272 g/mol. The summed E-state index contributed by atoms with van der Waals surface area (Å²) in [4.78, 5) is 24.3. The first-order valence-electron chi connectivity index (χ1n) is 6.48. The van der Waals surface area contributed by atoms with Crippen LogP contribution in [0.2, 0.25) is 0 Å². The molecule has 1 aromatic carbocycles. The van der Waals surface area contributed by atoms with Crippen LogP contribution < -0.4 is 10.6 Å². The number of hydrogen-bond donors (Lipinski definition) is 2. The minimum absolute atomic E-state index is 0.0618. The molecule has 1 fully saturated rings. The predicted molar refractivity (Wildman–Crippen MR) is 80.1 cm³/mol. The molecule has 4 nitrogen and oxygen atoms in total. The normalized spacial score (nSPS) is 13.8. The molecular formula is C15H14N2O2S. The molecule has 1 saturated carbocycles. The van der Waals surface area contributed by atoms with E-state index in [1.165, 1.54) is 11.3 Å². The largest absolute Gasteiger partial charge is 0.326 e. The number of thiophene rings is 1. The van der Waals surface area contributed by atoms with E-state index in [0.29, 0.717) is 16.3 Å². The van der Waals surface area contributed by atoms with Gasteiger partial charge in [0.15, 0.2) is 0 Å². The van der Waals surface area contributed by atoms with Gasteiger partial charge >= 0.3 is 0 Å². The highest BCUT2D eigenvalue weighted by Crippen LogP contribution is 2.30. The van der Waals surface area contributed by atoms with Gasteiger partial charge < -0.3 is 10.6 Å². The third-order valence-electron chi connectivity index (χ3n) is 3.08. The zero-order valence-corrected chi connectivity index (χ0v) is 11.6. The molecule has 0 aliphatic heterocycles. The highest BCUT2D eigenvalue weighted by Gasteiger charge is 2.29. The van der Waals surface area contributed by atoms with E-state index in [2.05, 4.69) is 10.6 Å². The second-order valence-corrected chi connectivity index (χ2v) is 5.72. The Kier molecular flexibility index (Phi) is 3.52. The highest BCUT2D eigenvalue weighted by molar-refractivity contribution is 7.12. The van der Waals surface area contributed by atoms with E-state index < -0.39 is 0 Å². The van der Waals surface area contributed by atoms with Crippen molar-refractivity contribution < 1.29 is 9.59 Å². The molecule has 1 heterocycles. The third kappa shape index (κ3) is 3.05. The second kappa shape index (κ2) is 5.46. The molecule has 1 aliphatic rings. The lowest BCUT2D eigenvalue weighted by Crippen LogP contribution is -2.14. The van der Waals surface area contributed by atoms with Crippen LogP contribution in [-0.4, -0.2) is 11.8 Å². The molecule has 102 valence electrons. The molecule has 1 aromatic heterocycles. The Hall–Kier alpha value is -2.14. The fourth-order valence-electron chi connectivity index (χ4n) is 1.87. The van der Waals surface area contributed by atoms with Gasteiger partial charge in [0.1, 0.15) is 0 Å². The van der Waals surface area contributed by atoms with Crippen molar-refractivity contribution in [2.24, 2.45) is 5.92 Å². The zero-order chi connectivity index (χ0) is 13.9. The summed E-state index contributed by atoms with van der Waals surface area (Å²) >= 11 is 1.40. The topological polar surface area (TPSA) is 58.2 Å². The molecule has 0 radical (unpaired) electrons. The Morgan fingerprint density at radius 3 is 2.45 bits per heavy atom. The van der Waals surface area contributed by atoms with Crippen LogP contribution in [0.3, 0.4) is 0 Å². The van der Waals surface area contributed by atoms with Crippen molar-refractivity contribution in [3.8, 4) is 0 Å². The molecule has 3 rings (SSSR count). The van der Waals surface area contributed by atoms with Crippen molar-refractivity contribution in [1.82, 2.24) is 0 Å². The number of nitrogens with one attached hydrogen (secondary N) is 2. The van der Waals surface area contributed by atoms with Crippen LogP contribution in [0.15, 0.2) is 41.8 Å². The van der Waals surface area contributed by atoms with Crippen LogP contribution in [0.25, 0.3) is 0 Å². The number of rotatable bonds is 4. The summed E-state index contributed by atoms with van der Waals surface area (Å²) in [5, 5.41) is 7.55. The second-order valence-electron chi connectivity index (χ2n) is 4.78. The first-order chi connectivity index (χ1) is 9.72. The number of carbonyl (C=O) groups is 2.